The summed E-state index contributed by atoms with van der Waals surface area (Å²) in [5.41, 5.74) is 0.689. The number of nitriles is 1. The van der Waals surface area contributed by atoms with Crippen LogP contribution in [0.4, 0.5) is 5.82 Å². The van der Waals surface area contributed by atoms with E-state index in [4.69, 9.17) is 5.26 Å². The van der Waals surface area contributed by atoms with Gasteiger partial charge in [0.05, 0.1) is 11.5 Å². The van der Waals surface area contributed by atoms with E-state index in [0.29, 0.717) is 5.92 Å². The van der Waals surface area contributed by atoms with E-state index in [1.54, 1.807) is 6.33 Å². The van der Waals surface area contributed by atoms with Crippen LogP contribution in [-0.4, -0.2) is 51.4 Å². The van der Waals surface area contributed by atoms with Crippen molar-refractivity contribution >= 4 is 22.8 Å². The minimum Gasteiger partial charge on any atom is -0.359 e. The zero-order chi connectivity index (χ0) is 18.0. The summed E-state index contributed by atoms with van der Waals surface area (Å²) in [6.45, 7) is 5.90. The molecule has 0 saturated carbocycles. The first-order valence-electron chi connectivity index (χ1n) is 8.64. The van der Waals surface area contributed by atoms with Gasteiger partial charge in [0, 0.05) is 31.9 Å². The third kappa shape index (κ3) is 3.04. The lowest BCUT2D eigenvalue weighted by Crippen LogP contribution is -2.66. The highest BCUT2D eigenvalue weighted by Gasteiger charge is 2.48. The van der Waals surface area contributed by atoms with Crippen molar-refractivity contribution in [1.29, 1.82) is 5.26 Å². The normalized spacial score (nSPS) is 22.5. The second kappa shape index (κ2) is 6.71. The molecule has 1 aliphatic rings. The molecule has 3 heterocycles. The predicted octanol–water partition coefficient (Wildman–Crippen LogP) is 2.32. The fraction of sp³-hybridized carbons (Fsp3) is 0.556. The predicted molar refractivity (Wildman–Crippen MR) is 95.9 cm³/mol. The number of carbonyl (C=O) groups excluding carboxylic acids is 1. The molecule has 0 aromatic carbocycles. The molecule has 1 amide bonds. The number of aromatic amines is 1. The molecule has 0 bridgehead atoms. The van der Waals surface area contributed by atoms with Gasteiger partial charge in [0.25, 0.3) is 0 Å². The maximum Gasteiger partial charge on any atom is 0.237 e. The Hall–Kier alpha value is -2.62. The largest absolute Gasteiger partial charge is 0.359 e. The lowest BCUT2D eigenvalue weighted by Gasteiger charge is -2.56. The Kier molecular flexibility index (Phi) is 4.62. The van der Waals surface area contributed by atoms with Crippen molar-refractivity contribution in [2.45, 2.75) is 38.6 Å². The summed E-state index contributed by atoms with van der Waals surface area (Å²) in [5, 5.41) is 9.78. The average Bonchev–Trinajstić information content (AvgIpc) is 3.08. The maximum absolute atomic E-state index is 12.1. The number of nitrogens with zero attached hydrogens (tertiary/aromatic N) is 5. The highest BCUT2D eigenvalue weighted by molar-refractivity contribution is 5.87. The van der Waals surface area contributed by atoms with Crippen molar-refractivity contribution in [3.8, 4) is 6.07 Å². The van der Waals surface area contributed by atoms with Gasteiger partial charge in [-0.15, -0.1) is 0 Å². The molecule has 1 saturated heterocycles. The van der Waals surface area contributed by atoms with Gasteiger partial charge in [0.2, 0.25) is 5.91 Å². The summed E-state index contributed by atoms with van der Waals surface area (Å²) in [4.78, 5) is 27.8. The zero-order valence-electron chi connectivity index (χ0n) is 15.0. The second-order valence-electron chi connectivity index (χ2n) is 7.06. The third-order valence-corrected chi connectivity index (χ3v) is 5.54. The van der Waals surface area contributed by atoms with Crippen LogP contribution >= 0.6 is 0 Å². The van der Waals surface area contributed by atoms with Crippen LogP contribution in [0.25, 0.3) is 11.0 Å². The molecule has 2 aromatic heterocycles. The molecule has 25 heavy (non-hydrogen) atoms. The van der Waals surface area contributed by atoms with Gasteiger partial charge in [0.15, 0.2) is 0 Å². The van der Waals surface area contributed by atoms with Gasteiger partial charge in [-0.1, -0.05) is 6.92 Å². The van der Waals surface area contributed by atoms with Gasteiger partial charge < -0.3 is 14.8 Å². The second-order valence-corrected chi connectivity index (χ2v) is 7.06. The summed E-state index contributed by atoms with van der Waals surface area (Å²) in [7, 11) is 2.03. The van der Waals surface area contributed by atoms with Gasteiger partial charge in [-0.3, -0.25) is 4.79 Å². The SMILES string of the molecule is C[C@H]1CN(C(=O)CC#N)[C@]1(C)CCCN(C)c1ncnc2[nH]ccc12. The maximum atomic E-state index is 12.1. The summed E-state index contributed by atoms with van der Waals surface area (Å²) in [6.07, 6.45) is 5.27. The Morgan fingerprint density at radius 3 is 3.08 bits per heavy atom. The topological polar surface area (TPSA) is 88.9 Å². The van der Waals surface area contributed by atoms with Gasteiger partial charge >= 0.3 is 0 Å². The molecule has 0 spiro atoms. The van der Waals surface area contributed by atoms with Gasteiger partial charge in [0.1, 0.15) is 24.2 Å². The molecule has 1 fully saturated rings. The van der Waals surface area contributed by atoms with Crippen molar-refractivity contribution in [1.82, 2.24) is 19.9 Å². The van der Waals surface area contributed by atoms with Gasteiger partial charge in [-0.25, -0.2) is 9.97 Å². The number of nitrogens with one attached hydrogen (secondary N) is 1. The Morgan fingerprint density at radius 1 is 1.56 bits per heavy atom. The molecule has 3 rings (SSSR count). The van der Waals surface area contributed by atoms with Crippen LogP contribution in [-0.2, 0) is 4.79 Å². The van der Waals surface area contributed by atoms with E-state index < -0.39 is 0 Å². The summed E-state index contributed by atoms with van der Waals surface area (Å²) >= 11 is 0. The van der Waals surface area contributed by atoms with E-state index in [2.05, 4.69) is 33.7 Å². The molecule has 1 aliphatic heterocycles. The molecule has 1 N–H and O–H groups in total. The number of H-pyrrole nitrogens is 1. The molecule has 7 nitrogen and oxygen atoms in total. The monoisotopic (exact) mass is 340 g/mol. The summed E-state index contributed by atoms with van der Waals surface area (Å²) in [5.74, 6) is 1.31. The van der Waals surface area contributed by atoms with E-state index in [1.807, 2.05) is 30.3 Å². The number of hydrogen-bond acceptors (Lipinski definition) is 5. The van der Waals surface area contributed by atoms with Gasteiger partial charge in [-0.2, -0.15) is 5.26 Å². The lowest BCUT2D eigenvalue weighted by molar-refractivity contribution is -0.154. The number of likely N-dealkylation sites (tertiary alicyclic amines) is 1. The molecule has 7 heteroatoms. The fourth-order valence-corrected chi connectivity index (χ4v) is 3.71. The number of aromatic nitrogens is 3. The van der Waals surface area contributed by atoms with Crippen LogP contribution in [0.2, 0.25) is 0 Å². The van der Waals surface area contributed by atoms with Crippen LogP contribution in [0.15, 0.2) is 18.6 Å². The summed E-state index contributed by atoms with van der Waals surface area (Å²) < 4.78 is 0. The van der Waals surface area contributed by atoms with Crippen molar-refractivity contribution in [2.24, 2.45) is 5.92 Å². The molecule has 2 atom stereocenters. The number of anilines is 1. The van der Waals surface area contributed by atoms with Crippen LogP contribution in [0.5, 0.6) is 0 Å². The van der Waals surface area contributed by atoms with Gasteiger partial charge in [-0.05, 0) is 31.7 Å². The van der Waals surface area contributed by atoms with E-state index in [1.165, 1.54) is 0 Å². The average molecular weight is 340 g/mol. The van der Waals surface area contributed by atoms with E-state index in [9.17, 15) is 4.79 Å². The number of hydrogen-bond donors (Lipinski definition) is 1. The Balaban J connectivity index is 1.61. The highest BCUT2D eigenvalue weighted by Crippen LogP contribution is 2.40. The van der Waals surface area contributed by atoms with Crippen molar-refractivity contribution in [3.05, 3.63) is 18.6 Å². The van der Waals surface area contributed by atoms with E-state index in [-0.39, 0.29) is 17.9 Å². The number of carbonyl (C=O) groups is 1. The molecule has 0 radical (unpaired) electrons. The molecule has 0 aliphatic carbocycles. The van der Waals surface area contributed by atoms with E-state index in [0.717, 1.165) is 42.8 Å². The summed E-state index contributed by atoms with van der Waals surface area (Å²) in [6, 6.07) is 3.95. The molecular weight excluding hydrogens is 316 g/mol. The number of rotatable bonds is 6. The first-order valence-corrected chi connectivity index (χ1v) is 8.64. The highest BCUT2D eigenvalue weighted by atomic mass is 16.2. The molecular formula is C18H24N6O. The quantitative estimate of drug-likeness (QED) is 0.872. The van der Waals surface area contributed by atoms with Crippen LogP contribution in [0.1, 0.15) is 33.1 Å². The van der Waals surface area contributed by atoms with Crippen molar-refractivity contribution < 1.29 is 4.79 Å². The van der Waals surface area contributed by atoms with Crippen molar-refractivity contribution in [3.63, 3.8) is 0 Å². The van der Waals surface area contributed by atoms with Crippen LogP contribution in [0, 0.1) is 17.2 Å². The fourth-order valence-electron chi connectivity index (χ4n) is 3.71. The molecule has 132 valence electrons. The van der Waals surface area contributed by atoms with Crippen molar-refractivity contribution in [2.75, 3.05) is 25.0 Å². The first-order chi connectivity index (χ1) is 12.0. The van der Waals surface area contributed by atoms with Crippen LogP contribution < -0.4 is 4.90 Å². The molecule has 2 aromatic rings. The third-order valence-electron chi connectivity index (χ3n) is 5.54. The van der Waals surface area contributed by atoms with E-state index >= 15 is 0 Å². The molecule has 0 unspecified atom stereocenters. The zero-order valence-corrected chi connectivity index (χ0v) is 15.0. The first kappa shape index (κ1) is 17.2. The minimum absolute atomic E-state index is 0.0331. The minimum atomic E-state index is -0.149. The smallest absolute Gasteiger partial charge is 0.237 e. The standard InChI is InChI=1S/C18H24N6O/c1-13-11-24(15(25)5-8-19)18(13,2)7-4-10-23(3)17-14-6-9-20-16(14)21-12-22-17/h6,9,12-13H,4-5,7,10-11H2,1-3H3,(H,20,21,22)/t13-,18+/m0/s1. The number of fused-ring (bicyclic) bond motifs is 1. The Labute approximate surface area is 147 Å². The Bertz CT molecular complexity index is 809. The Morgan fingerprint density at radius 2 is 2.36 bits per heavy atom. The number of amides is 1. The lowest BCUT2D eigenvalue weighted by atomic mass is 9.73. The van der Waals surface area contributed by atoms with Crippen LogP contribution in [0.3, 0.4) is 0 Å².